The lowest BCUT2D eigenvalue weighted by Gasteiger charge is -2.34. The Kier molecular flexibility index (Phi) is 9.01. The fourth-order valence-electron chi connectivity index (χ4n) is 3.71. The van der Waals surface area contributed by atoms with Crippen LogP contribution in [-0.4, -0.2) is 55.6 Å². The molecule has 2 atom stereocenters. The van der Waals surface area contributed by atoms with E-state index in [9.17, 15) is 13.2 Å². The van der Waals surface area contributed by atoms with E-state index in [1.165, 1.54) is 19.5 Å². The van der Waals surface area contributed by atoms with Crippen LogP contribution in [0.3, 0.4) is 0 Å². The number of nitrogens with one attached hydrogen (secondary N) is 2. The lowest BCUT2D eigenvalue weighted by molar-refractivity contribution is -0.140. The second-order valence-corrected chi connectivity index (χ2v) is 8.66. The maximum absolute atomic E-state index is 12.6. The van der Waals surface area contributed by atoms with Gasteiger partial charge in [0.1, 0.15) is 0 Å². The fourth-order valence-corrected chi connectivity index (χ4v) is 4.51. The summed E-state index contributed by atoms with van der Waals surface area (Å²) >= 11 is 1.04. The van der Waals surface area contributed by atoms with Gasteiger partial charge in [-0.05, 0) is 37.6 Å². The van der Waals surface area contributed by atoms with E-state index in [1.54, 1.807) is 7.05 Å². The third-order valence-corrected chi connectivity index (χ3v) is 5.74. The van der Waals surface area contributed by atoms with Crippen molar-refractivity contribution in [2.75, 3.05) is 39.8 Å². The number of rotatable bonds is 8. The summed E-state index contributed by atoms with van der Waals surface area (Å²) in [5.41, 5.74) is -0.812. The Morgan fingerprint density at radius 1 is 1.21 bits per heavy atom. The maximum atomic E-state index is 12.6. The van der Waals surface area contributed by atoms with Crippen LogP contribution < -0.4 is 10.6 Å². The van der Waals surface area contributed by atoms with Gasteiger partial charge >= 0.3 is 6.18 Å². The number of hydrogen-bond donors (Lipinski definition) is 2. The van der Waals surface area contributed by atoms with Crippen molar-refractivity contribution in [3.63, 3.8) is 0 Å². The van der Waals surface area contributed by atoms with E-state index >= 15 is 0 Å². The average molecular weight is 420 g/mol. The van der Waals surface area contributed by atoms with E-state index in [1.807, 2.05) is 0 Å². The molecule has 1 aliphatic heterocycles. The molecule has 2 N–H and O–H groups in total. The van der Waals surface area contributed by atoms with Gasteiger partial charge in [-0.3, -0.25) is 4.99 Å². The minimum Gasteiger partial charge on any atom is -0.356 e. The Bertz CT molecular complexity index is 607. The molecule has 0 aliphatic carbocycles. The molecule has 0 aromatic carbocycles. The highest BCUT2D eigenvalue weighted by molar-refractivity contribution is 7.09. The first-order valence-corrected chi connectivity index (χ1v) is 10.8. The third-order valence-electron chi connectivity index (χ3n) is 4.84. The molecule has 2 heterocycles. The standard InChI is InChI=1S/C19H32F3N5S/c1-14-10-15(2)12-27(11-14)9-5-4-7-24-18(23-3)25-8-6-17-26-16(13-28-17)19(20,21)22/h13-15H,4-12H2,1-3H3,(H2,23,24,25). The van der Waals surface area contributed by atoms with Crippen molar-refractivity contribution >= 4 is 17.3 Å². The van der Waals surface area contributed by atoms with Crippen LogP contribution in [0.5, 0.6) is 0 Å². The van der Waals surface area contributed by atoms with E-state index in [0.29, 0.717) is 23.9 Å². The molecule has 5 nitrogen and oxygen atoms in total. The number of halogens is 3. The first-order valence-electron chi connectivity index (χ1n) is 9.96. The topological polar surface area (TPSA) is 52.6 Å². The number of thiazole rings is 1. The molecule has 0 radical (unpaired) electrons. The van der Waals surface area contributed by atoms with Gasteiger partial charge in [0.2, 0.25) is 0 Å². The van der Waals surface area contributed by atoms with Crippen LogP contribution in [0.15, 0.2) is 10.4 Å². The molecule has 160 valence electrons. The van der Waals surface area contributed by atoms with Gasteiger partial charge in [0.05, 0.1) is 5.01 Å². The van der Waals surface area contributed by atoms with Gasteiger partial charge in [0.15, 0.2) is 11.7 Å². The molecule has 2 rings (SSSR count). The minimum atomic E-state index is -4.37. The van der Waals surface area contributed by atoms with Crippen LogP contribution in [0.2, 0.25) is 0 Å². The summed E-state index contributed by atoms with van der Waals surface area (Å²) in [5.74, 6) is 2.25. The normalized spacial score (nSPS) is 21.7. The first kappa shape index (κ1) is 22.9. The molecule has 1 fully saturated rings. The number of nitrogens with zero attached hydrogens (tertiary/aromatic N) is 3. The number of piperidine rings is 1. The van der Waals surface area contributed by atoms with E-state index in [0.717, 1.165) is 54.5 Å². The molecule has 0 saturated carbocycles. The van der Waals surface area contributed by atoms with Crippen molar-refractivity contribution in [1.82, 2.24) is 20.5 Å². The molecular weight excluding hydrogens is 387 g/mol. The van der Waals surface area contributed by atoms with Crippen LogP contribution in [0.1, 0.15) is 43.8 Å². The first-order chi connectivity index (χ1) is 13.3. The maximum Gasteiger partial charge on any atom is 0.434 e. The van der Waals surface area contributed by atoms with Gasteiger partial charge in [-0.1, -0.05) is 13.8 Å². The van der Waals surface area contributed by atoms with Crippen LogP contribution in [0, 0.1) is 11.8 Å². The Morgan fingerprint density at radius 3 is 2.50 bits per heavy atom. The van der Waals surface area contributed by atoms with Crippen molar-refractivity contribution in [1.29, 1.82) is 0 Å². The number of likely N-dealkylation sites (tertiary alicyclic amines) is 1. The summed E-state index contributed by atoms with van der Waals surface area (Å²) in [4.78, 5) is 10.4. The van der Waals surface area contributed by atoms with Gasteiger partial charge in [0, 0.05) is 45.0 Å². The van der Waals surface area contributed by atoms with Crippen molar-refractivity contribution in [2.45, 2.75) is 45.7 Å². The molecule has 2 unspecified atom stereocenters. The second-order valence-electron chi connectivity index (χ2n) is 7.71. The van der Waals surface area contributed by atoms with Crippen molar-refractivity contribution in [3.8, 4) is 0 Å². The fraction of sp³-hybridized carbons (Fsp3) is 0.789. The Hall–Kier alpha value is -1.35. The Labute approximate surface area is 169 Å². The summed E-state index contributed by atoms with van der Waals surface area (Å²) in [7, 11) is 1.69. The molecule has 1 saturated heterocycles. The zero-order valence-electron chi connectivity index (χ0n) is 17.0. The quantitative estimate of drug-likeness (QED) is 0.384. The Balaban J connectivity index is 1.58. The predicted octanol–water partition coefficient (Wildman–Crippen LogP) is 3.63. The summed E-state index contributed by atoms with van der Waals surface area (Å²) in [5, 5.41) is 7.93. The van der Waals surface area contributed by atoms with Gasteiger partial charge in [-0.25, -0.2) is 4.98 Å². The number of aliphatic imine (C=N–C) groups is 1. The summed E-state index contributed by atoms with van der Waals surface area (Å²) in [6, 6.07) is 0. The third kappa shape index (κ3) is 7.95. The van der Waals surface area contributed by atoms with E-state index in [-0.39, 0.29) is 0 Å². The SMILES string of the molecule is CN=C(NCCCCN1CC(C)CC(C)C1)NCCc1nc(C(F)(F)F)cs1. The van der Waals surface area contributed by atoms with Gasteiger partial charge in [0.25, 0.3) is 0 Å². The van der Waals surface area contributed by atoms with E-state index < -0.39 is 11.9 Å². The zero-order valence-corrected chi connectivity index (χ0v) is 17.8. The van der Waals surface area contributed by atoms with Crippen molar-refractivity contribution < 1.29 is 13.2 Å². The molecule has 9 heteroatoms. The number of unbranched alkanes of at least 4 members (excludes halogenated alkanes) is 1. The highest BCUT2D eigenvalue weighted by atomic mass is 32.1. The minimum absolute atomic E-state index is 0.437. The van der Waals surface area contributed by atoms with E-state index in [4.69, 9.17) is 0 Å². The molecule has 0 bridgehead atoms. The molecule has 0 spiro atoms. The highest BCUT2D eigenvalue weighted by Gasteiger charge is 2.33. The monoisotopic (exact) mass is 419 g/mol. The molecular formula is C19H32F3N5S. The van der Waals surface area contributed by atoms with Crippen LogP contribution >= 0.6 is 11.3 Å². The van der Waals surface area contributed by atoms with Gasteiger partial charge in [-0.2, -0.15) is 13.2 Å². The van der Waals surface area contributed by atoms with Gasteiger partial charge in [-0.15, -0.1) is 11.3 Å². The predicted molar refractivity (Wildman–Crippen MR) is 109 cm³/mol. The number of alkyl halides is 3. The van der Waals surface area contributed by atoms with Crippen LogP contribution in [-0.2, 0) is 12.6 Å². The molecule has 0 amide bonds. The Morgan fingerprint density at radius 2 is 1.89 bits per heavy atom. The zero-order chi connectivity index (χ0) is 20.6. The molecule has 1 aliphatic rings. The van der Waals surface area contributed by atoms with Gasteiger partial charge < -0.3 is 15.5 Å². The highest BCUT2D eigenvalue weighted by Crippen LogP contribution is 2.30. The molecule has 1 aromatic rings. The summed E-state index contributed by atoms with van der Waals surface area (Å²) in [6.45, 7) is 9.52. The van der Waals surface area contributed by atoms with Crippen LogP contribution in [0.25, 0.3) is 0 Å². The van der Waals surface area contributed by atoms with E-state index in [2.05, 4.69) is 39.4 Å². The van der Waals surface area contributed by atoms with Crippen molar-refractivity contribution in [3.05, 3.63) is 16.1 Å². The average Bonchev–Trinajstić information content (AvgIpc) is 3.08. The van der Waals surface area contributed by atoms with Crippen molar-refractivity contribution in [2.24, 2.45) is 16.8 Å². The number of guanidine groups is 1. The number of aromatic nitrogens is 1. The smallest absolute Gasteiger partial charge is 0.356 e. The van der Waals surface area contributed by atoms with Crippen LogP contribution in [0.4, 0.5) is 13.2 Å². The molecule has 1 aromatic heterocycles. The lowest BCUT2D eigenvalue weighted by atomic mass is 9.92. The summed E-state index contributed by atoms with van der Waals surface area (Å²) < 4.78 is 37.7. The summed E-state index contributed by atoms with van der Waals surface area (Å²) in [6.07, 6.45) is -0.403. The molecule has 28 heavy (non-hydrogen) atoms. The lowest BCUT2D eigenvalue weighted by Crippen LogP contribution is -2.40. The number of hydrogen-bond acceptors (Lipinski definition) is 4. The largest absolute Gasteiger partial charge is 0.434 e. The second kappa shape index (κ2) is 11.0.